The fourth-order valence-electron chi connectivity index (χ4n) is 2.26. The molecule has 3 rings (SSSR count). The van der Waals surface area contributed by atoms with Gasteiger partial charge in [-0.2, -0.15) is 0 Å². The predicted molar refractivity (Wildman–Crippen MR) is 85.8 cm³/mol. The Hall–Kier alpha value is -2.20. The van der Waals surface area contributed by atoms with E-state index in [1.807, 2.05) is 24.3 Å². The summed E-state index contributed by atoms with van der Waals surface area (Å²) in [7, 11) is 0. The van der Waals surface area contributed by atoms with Gasteiger partial charge in [-0.05, 0) is 23.8 Å². The molecule has 0 aliphatic carbocycles. The topological polar surface area (TPSA) is 47.6 Å². The molecule has 2 aromatic carbocycles. The zero-order valence-corrected chi connectivity index (χ0v) is 12.7. The third-order valence-electron chi connectivity index (χ3n) is 3.34. The smallest absolute Gasteiger partial charge is 0.228 e. The summed E-state index contributed by atoms with van der Waals surface area (Å²) in [5.41, 5.74) is 1.48. The Kier molecular flexibility index (Phi) is 4.49. The van der Waals surface area contributed by atoms with Crippen molar-refractivity contribution >= 4 is 23.2 Å². The summed E-state index contributed by atoms with van der Waals surface area (Å²) in [6.07, 6.45) is 1.08. The Balaban J connectivity index is 1.69. The van der Waals surface area contributed by atoms with Crippen molar-refractivity contribution in [3.05, 3.63) is 53.1 Å². The number of hydrogen-bond donors (Lipinski definition) is 1. The first-order chi connectivity index (χ1) is 10.7. The Morgan fingerprint density at radius 1 is 1.09 bits per heavy atom. The standard InChI is InChI=1S/C17H16ClNO3/c18-14-5-2-1-4-12(14)10-17(20)19-13-6-7-15-16(11-13)22-9-3-8-21-15/h1-2,4-7,11H,3,8-10H2,(H,19,20). The van der Waals surface area contributed by atoms with Crippen LogP contribution in [0.25, 0.3) is 0 Å². The van der Waals surface area contributed by atoms with Crippen molar-refractivity contribution in [2.75, 3.05) is 18.5 Å². The number of ether oxygens (including phenoxy) is 2. The first kappa shape index (κ1) is 14.7. The Labute approximate surface area is 134 Å². The molecule has 114 valence electrons. The van der Waals surface area contributed by atoms with Crippen LogP contribution >= 0.6 is 11.6 Å². The van der Waals surface area contributed by atoms with Gasteiger partial charge in [0.25, 0.3) is 0 Å². The van der Waals surface area contributed by atoms with Crippen LogP contribution in [0.2, 0.25) is 5.02 Å². The Morgan fingerprint density at radius 2 is 1.86 bits per heavy atom. The fourth-order valence-corrected chi connectivity index (χ4v) is 2.46. The van der Waals surface area contributed by atoms with Crippen molar-refractivity contribution in [2.24, 2.45) is 0 Å². The molecule has 0 atom stereocenters. The van der Waals surface area contributed by atoms with Crippen molar-refractivity contribution in [3.8, 4) is 11.5 Å². The van der Waals surface area contributed by atoms with Gasteiger partial charge in [-0.3, -0.25) is 4.79 Å². The molecule has 1 aliphatic rings. The van der Waals surface area contributed by atoms with Crippen LogP contribution in [0.1, 0.15) is 12.0 Å². The van der Waals surface area contributed by atoms with Crippen LogP contribution in [-0.4, -0.2) is 19.1 Å². The lowest BCUT2D eigenvalue weighted by Gasteiger charge is -2.10. The number of carbonyl (C=O) groups excluding carboxylic acids is 1. The van der Waals surface area contributed by atoms with Gasteiger partial charge in [-0.15, -0.1) is 0 Å². The highest BCUT2D eigenvalue weighted by Gasteiger charge is 2.12. The molecule has 0 saturated heterocycles. The van der Waals surface area contributed by atoms with Crippen LogP contribution in [0, 0.1) is 0 Å². The lowest BCUT2D eigenvalue weighted by atomic mass is 10.1. The molecule has 5 heteroatoms. The van der Waals surface area contributed by atoms with Crippen LogP contribution in [0.3, 0.4) is 0 Å². The van der Waals surface area contributed by atoms with Crippen LogP contribution in [0.15, 0.2) is 42.5 Å². The summed E-state index contributed by atoms with van der Waals surface area (Å²) in [6.45, 7) is 1.26. The summed E-state index contributed by atoms with van der Waals surface area (Å²) in [5, 5.41) is 3.45. The number of halogens is 1. The van der Waals surface area contributed by atoms with Crippen molar-refractivity contribution in [3.63, 3.8) is 0 Å². The van der Waals surface area contributed by atoms with Crippen LogP contribution in [0.4, 0.5) is 5.69 Å². The molecule has 1 N–H and O–H groups in total. The second-order valence-corrected chi connectivity index (χ2v) is 5.44. The molecule has 1 amide bonds. The van der Waals surface area contributed by atoms with Crippen LogP contribution < -0.4 is 14.8 Å². The van der Waals surface area contributed by atoms with E-state index in [4.69, 9.17) is 21.1 Å². The molecule has 22 heavy (non-hydrogen) atoms. The lowest BCUT2D eigenvalue weighted by molar-refractivity contribution is -0.115. The van der Waals surface area contributed by atoms with E-state index < -0.39 is 0 Å². The van der Waals surface area contributed by atoms with Gasteiger partial charge in [0, 0.05) is 23.2 Å². The molecule has 0 spiro atoms. The van der Waals surface area contributed by atoms with E-state index in [2.05, 4.69) is 5.32 Å². The highest BCUT2D eigenvalue weighted by atomic mass is 35.5. The molecule has 4 nitrogen and oxygen atoms in total. The van der Waals surface area contributed by atoms with Crippen molar-refractivity contribution < 1.29 is 14.3 Å². The van der Waals surface area contributed by atoms with Gasteiger partial charge in [0.2, 0.25) is 5.91 Å². The number of amides is 1. The zero-order valence-electron chi connectivity index (χ0n) is 12.0. The van der Waals surface area contributed by atoms with Gasteiger partial charge in [0.05, 0.1) is 19.6 Å². The molecular weight excluding hydrogens is 302 g/mol. The Bertz CT molecular complexity index is 687. The molecule has 0 unspecified atom stereocenters. The minimum Gasteiger partial charge on any atom is -0.490 e. The molecule has 1 heterocycles. The van der Waals surface area contributed by atoms with Gasteiger partial charge in [0.1, 0.15) is 0 Å². The molecule has 2 aromatic rings. The van der Waals surface area contributed by atoms with Crippen molar-refractivity contribution in [1.29, 1.82) is 0 Å². The third kappa shape index (κ3) is 3.52. The molecule has 0 fully saturated rings. The number of hydrogen-bond acceptors (Lipinski definition) is 3. The quantitative estimate of drug-likeness (QED) is 0.939. The summed E-state index contributed by atoms with van der Waals surface area (Å²) in [4.78, 5) is 12.1. The SMILES string of the molecule is O=C(Cc1ccccc1Cl)Nc1ccc2c(c1)OCCCO2. The predicted octanol–water partition coefficient (Wildman–Crippen LogP) is 3.68. The van der Waals surface area contributed by atoms with Gasteiger partial charge < -0.3 is 14.8 Å². The molecule has 0 radical (unpaired) electrons. The maximum atomic E-state index is 12.1. The number of benzene rings is 2. The zero-order chi connectivity index (χ0) is 15.4. The van der Waals surface area contributed by atoms with E-state index in [0.717, 1.165) is 12.0 Å². The van der Waals surface area contributed by atoms with Gasteiger partial charge >= 0.3 is 0 Å². The van der Waals surface area contributed by atoms with E-state index >= 15 is 0 Å². The maximum Gasteiger partial charge on any atom is 0.228 e. The average Bonchev–Trinajstić information content (AvgIpc) is 2.74. The first-order valence-corrected chi connectivity index (χ1v) is 7.53. The second kappa shape index (κ2) is 6.71. The lowest BCUT2D eigenvalue weighted by Crippen LogP contribution is -2.14. The first-order valence-electron chi connectivity index (χ1n) is 7.15. The fraction of sp³-hybridized carbons (Fsp3) is 0.235. The van der Waals surface area contributed by atoms with E-state index in [9.17, 15) is 4.79 Å². The number of carbonyl (C=O) groups is 1. The van der Waals surface area contributed by atoms with E-state index in [-0.39, 0.29) is 12.3 Å². The van der Waals surface area contributed by atoms with Gasteiger partial charge in [-0.1, -0.05) is 29.8 Å². The summed E-state index contributed by atoms with van der Waals surface area (Å²) in [5.74, 6) is 1.25. The second-order valence-electron chi connectivity index (χ2n) is 5.03. The van der Waals surface area contributed by atoms with Gasteiger partial charge in [0.15, 0.2) is 11.5 Å². The number of rotatable bonds is 3. The number of nitrogens with one attached hydrogen (secondary N) is 1. The normalized spacial score (nSPS) is 13.3. The minimum atomic E-state index is -0.123. The summed E-state index contributed by atoms with van der Waals surface area (Å²) in [6, 6.07) is 12.7. The molecule has 0 bridgehead atoms. The minimum absolute atomic E-state index is 0.123. The maximum absolute atomic E-state index is 12.1. The van der Waals surface area contributed by atoms with Gasteiger partial charge in [-0.25, -0.2) is 0 Å². The highest BCUT2D eigenvalue weighted by molar-refractivity contribution is 6.31. The Morgan fingerprint density at radius 3 is 2.68 bits per heavy atom. The molecule has 0 saturated carbocycles. The van der Waals surface area contributed by atoms with Crippen LogP contribution in [0.5, 0.6) is 11.5 Å². The summed E-state index contributed by atoms with van der Waals surface area (Å²) < 4.78 is 11.2. The average molecular weight is 318 g/mol. The van der Waals surface area contributed by atoms with Crippen molar-refractivity contribution in [2.45, 2.75) is 12.8 Å². The molecule has 0 aromatic heterocycles. The third-order valence-corrected chi connectivity index (χ3v) is 3.71. The van der Waals surface area contributed by atoms with E-state index in [0.29, 0.717) is 35.4 Å². The number of anilines is 1. The van der Waals surface area contributed by atoms with Crippen molar-refractivity contribution in [1.82, 2.24) is 0 Å². The van der Waals surface area contributed by atoms with Crippen LogP contribution in [-0.2, 0) is 11.2 Å². The molecule has 1 aliphatic heterocycles. The summed E-state index contributed by atoms with van der Waals surface area (Å²) >= 11 is 6.07. The highest BCUT2D eigenvalue weighted by Crippen LogP contribution is 2.32. The molecular formula is C17H16ClNO3. The van der Waals surface area contributed by atoms with E-state index in [1.54, 1.807) is 18.2 Å². The van der Waals surface area contributed by atoms with E-state index in [1.165, 1.54) is 0 Å². The largest absolute Gasteiger partial charge is 0.490 e. The number of fused-ring (bicyclic) bond motifs is 1. The monoisotopic (exact) mass is 317 g/mol.